The van der Waals surface area contributed by atoms with Crippen LogP contribution in [-0.2, 0) is 4.74 Å². The summed E-state index contributed by atoms with van der Waals surface area (Å²) in [6.45, 7) is 6.54. The number of rotatable bonds is 4. The smallest absolute Gasteiger partial charge is 0.124 e. The number of nitriles is 1. The van der Waals surface area contributed by atoms with E-state index in [-0.39, 0.29) is 5.92 Å². The molecule has 2 rings (SSSR count). The van der Waals surface area contributed by atoms with E-state index in [9.17, 15) is 0 Å². The van der Waals surface area contributed by atoms with Crippen LogP contribution in [0.25, 0.3) is 0 Å². The Balaban J connectivity index is 2.19. The number of anilines is 1. The quantitative estimate of drug-likeness (QED) is 0.845. The molecule has 1 aliphatic heterocycles. The van der Waals surface area contributed by atoms with Gasteiger partial charge in [0, 0.05) is 25.7 Å². The maximum Gasteiger partial charge on any atom is 0.124 e. The van der Waals surface area contributed by atoms with Crippen molar-refractivity contribution in [1.82, 2.24) is 4.90 Å². The normalized spacial score (nSPS) is 17.4. The molecule has 1 fully saturated rings. The summed E-state index contributed by atoms with van der Waals surface area (Å²) < 4.78 is 10.8. The monoisotopic (exact) mass is 275 g/mol. The highest BCUT2D eigenvalue weighted by molar-refractivity contribution is 5.60. The third-order valence-corrected chi connectivity index (χ3v) is 3.69. The molecule has 20 heavy (non-hydrogen) atoms. The molecule has 2 N–H and O–H groups in total. The van der Waals surface area contributed by atoms with E-state index in [0.29, 0.717) is 11.3 Å². The Morgan fingerprint density at radius 2 is 2.15 bits per heavy atom. The zero-order chi connectivity index (χ0) is 14.5. The lowest BCUT2D eigenvalue weighted by Gasteiger charge is -2.29. The van der Waals surface area contributed by atoms with E-state index in [1.54, 1.807) is 13.2 Å². The van der Waals surface area contributed by atoms with E-state index in [1.165, 1.54) is 0 Å². The average molecular weight is 275 g/mol. The van der Waals surface area contributed by atoms with E-state index >= 15 is 0 Å². The Kier molecular flexibility index (Phi) is 4.83. The lowest BCUT2D eigenvalue weighted by Crippen LogP contribution is -2.38. The van der Waals surface area contributed by atoms with Crippen molar-refractivity contribution in [2.24, 2.45) is 0 Å². The van der Waals surface area contributed by atoms with Crippen LogP contribution in [0.15, 0.2) is 12.1 Å². The highest BCUT2D eigenvalue weighted by Gasteiger charge is 2.19. The van der Waals surface area contributed by atoms with Crippen LogP contribution in [0.4, 0.5) is 5.69 Å². The predicted molar refractivity (Wildman–Crippen MR) is 77.8 cm³/mol. The Morgan fingerprint density at radius 3 is 2.75 bits per heavy atom. The number of nitrogen functional groups attached to an aromatic ring is 1. The van der Waals surface area contributed by atoms with E-state index in [2.05, 4.69) is 17.9 Å². The molecule has 1 saturated heterocycles. The molecule has 0 saturated carbocycles. The van der Waals surface area contributed by atoms with Crippen molar-refractivity contribution in [2.75, 3.05) is 45.7 Å². The molecule has 1 atom stereocenters. The van der Waals surface area contributed by atoms with Crippen LogP contribution in [0.1, 0.15) is 24.0 Å². The van der Waals surface area contributed by atoms with Crippen molar-refractivity contribution >= 4 is 5.69 Å². The second kappa shape index (κ2) is 6.60. The minimum Gasteiger partial charge on any atom is -0.496 e. The van der Waals surface area contributed by atoms with Crippen molar-refractivity contribution < 1.29 is 9.47 Å². The van der Waals surface area contributed by atoms with Gasteiger partial charge in [-0.25, -0.2) is 0 Å². The Hall–Kier alpha value is -1.77. The summed E-state index contributed by atoms with van der Waals surface area (Å²) in [6.07, 6.45) is 0. The van der Waals surface area contributed by atoms with Crippen molar-refractivity contribution in [3.63, 3.8) is 0 Å². The molecule has 0 amide bonds. The van der Waals surface area contributed by atoms with E-state index in [4.69, 9.17) is 20.5 Å². The molecule has 0 spiro atoms. The first-order valence-corrected chi connectivity index (χ1v) is 6.83. The Labute approximate surface area is 119 Å². The summed E-state index contributed by atoms with van der Waals surface area (Å²) in [4.78, 5) is 2.37. The van der Waals surface area contributed by atoms with Crippen LogP contribution in [0, 0.1) is 11.3 Å². The molecular weight excluding hydrogens is 254 g/mol. The first-order valence-electron chi connectivity index (χ1n) is 6.83. The summed E-state index contributed by atoms with van der Waals surface area (Å²) in [5, 5.41) is 9.11. The number of methoxy groups -OCH3 is 1. The molecule has 1 aromatic carbocycles. The van der Waals surface area contributed by atoms with Gasteiger partial charge in [0.15, 0.2) is 0 Å². The zero-order valence-electron chi connectivity index (χ0n) is 12.1. The van der Waals surface area contributed by atoms with E-state index in [1.807, 2.05) is 6.07 Å². The maximum atomic E-state index is 9.11. The standard InChI is InChI=1S/C15H21N3O2/c1-11(10-18-3-5-20-6-4-18)13-7-12(9-16)14(17)8-15(13)19-2/h7-8,11H,3-6,10,17H2,1-2H3. The summed E-state index contributed by atoms with van der Waals surface area (Å²) in [5.41, 5.74) is 7.84. The molecule has 108 valence electrons. The largest absolute Gasteiger partial charge is 0.496 e. The van der Waals surface area contributed by atoms with Gasteiger partial charge in [-0.2, -0.15) is 5.26 Å². The minimum absolute atomic E-state index is 0.274. The molecule has 0 aromatic heterocycles. The summed E-state index contributed by atoms with van der Waals surface area (Å²) >= 11 is 0. The summed E-state index contributed by atoms with van der Waals surface area (Å²) in [5.74, 6) is 1.03. The van der Waals surface area contributed by atoms with Gasteiger partial charge in [-0.3, -0.25) is 4.90 Å². The Morgan fingerprint density at radius 1 is 1.45 bits per heavy atom. The number of nitrogens with zero attached hydrogens (tertiary/aromatic N) is 2. The van der Waals surface area contributed by atoms with Gasteiger partial charge in [-0.15, -0.1) is 0 Å². The van der Waals surface area contributed by atoms with Gasteiger partial charge in [0.1, 0.15) is 11.8 Å². The molecule has 0 aliphatic carbocycles. The summed E-state index contributed by atoms with van der Waals surface area (Å²) in [6, 6.07) is 5.72. The van der Waals surface area contributed by atoms with Crippen LogP contribution in [0.5, 0.6) is 5.75 Å². The first-order chi connectivity index (χ1) is 9.65. The second-order valence-electron chi connectivity index (χ2n) is 5.11. The van der Waals surface area contributed by atoms with E-state index in [0.717, 1.165) is 44.2 Å². The highest BCUT2D eigenvalue weighted by Crippen LogP contribution is 2.31. The number of hydrogen-bond donors (Lipinski definition) is 1. The van der Waals surface area contributed by atoms with E-state index < -0.39 is 0 Å². The maximum absolute atomic E-state index is 9.11. The van der Waals surface area contributed by atoms with Gasteiger partial charge in [0.2, 0.25) is 0 Å². The SMILES string of the molecule is COc1cc(N)c(C#N)cc1C(C)CN1CCOCC1. The topological polar surface area (TPSA) is 71.5 Å². The molecule has 1 aromatic rings. The highest BCUT2D eigenvalue weighted by atomic mass is 16.5. The number of nitrogens with two attached hydrogens (primary N) is 1. The van der Waals surface area contributed by atoms with Crippen molar-refractivity contribution in [2.45, 2.75) is 12.8 Å². The first kappa shape index (κ1) is 14.6. The summed E-state index contributed by atoms with van der Waals surface area (Å²) in [7, 11) is 1.63. The molecular formula is C15H21N3O2. The van der Waals surface area contributed by atoms with Gasteiger partial charge in [-0.1, -0.05) is 6.92 Å². The van der Waals surface area contributed by atoms with Gasteiger partial charge < -0.3 is 15.2 Å². The average Bonchev–Trinajstić information content (AvgIpc) is 2.47. The zero-order valence-corrected chi connectivity index (χ0v) is 12.1. The lowest BCUT2D eigenvalue weighted by atomic mass is 9.96. The van der Waals surface area contributed by atoms with Crippen LogP contribution >= 0.6 is 0 Å². The fourth-order valence-electron chi connectivity index (χ4n) is 2.54. The van der Waals surface area contributed by atoms with Gasteiger partial charge in [0.25, 0.3) is 0 Å². The van der Waals surface area contributed by atoms with Crippen molar-refractivity contribution in [3.05, 3.63) is 23.3 Å². The van der Waals surface area contributed by atoms with Crippen LogP contribution in [0.2, 0.25) is 0 Å². The predicted octanol–water partition coefficient (Wildman–Crippen LogP) is 1.58. The third kappa shape index (κ3) is 3.21. The lowest BCUT2D eigenvalue weighted by molar-refractivity contribution is 0.0356. The minimum atomic E-state index is 0.274. The fraction of sp³-hybridized carbons (Fsp3) is 0.533. The van der Waals surface area contributed by atoms with Crippen molar-refractivity contribution in [3.8, 4) is 11.8 Å². The number of hydrogen-bond acceptors (Lipinski definition) is 5. The number of morpholine rings is 1. The molecule has 5 heteroatoms. The molecule has 1 aliphatic rings. The molecule has 1 heterocycles. The number of ether oxygens (including phenoxy) is 2. The number of benzene rings is 1. The Bertz CT molecular complexity index is 505. The molecule has 1 unspecified atom stereocenters. The fourth-order valence-corrected chi connectivity index (χ4v) is 2.54. The van der Waals surface area contributed by atoms with Crippen LogP contribution < -0.4 is 10.5 Å². The van der Waals surface area contributed by atoms with Crippen LogP contribution in [0.3, 0.4) is 0 Å². The van der Waals surface area contributed by atoms with Crippen LogP contribution in [-0.4, -0.2) is 44.9 Å². The molecule has 0 radical (unpaired) electrons. The molecule has 0 bridgehead atoms. The van der Waals surface area contributed by atoms with Gasteiger partial charge in [0.05, 0.1) is 31.6 Å². The van der Waals surface area contributed by atoms with Gasteiger partial charge >= 0.3 is 0 Å². The van der Waals surface area contributed by atoms with Gasteiger partial charge in [-0.05, 0) is 17.5 Å². The second-order valence-corrected chi connectivity index (χ2v) is 5.11. The third-order valence-electron chi connectivity index (χ3n) is 3.69. The molecule has 5 nitrogen and oxygen atoms in total. The van der Waals surface area contributed by atoms with Crippen molar-refractivity contribution in [1.29, 1.82) is 5.26 Å².